The van der Waals surface area contributed by atoms with Gasteiger partial charge in [-0.15, -0.1) is 0 Å². The van der Waals surface area contributed by atoms with E-state index in [9.17, 15) is 18.5 Å². The molecule has 1 aliphatic rings. The predicted octanol–water partition coefficient (Wildman–Crippen LogP) is 5.43. The molecule has 4 aromatic rings. The van der Waals surface area contributed by atoms with E-state index in [1.165, 1.54) is 6.08 Å². The summed E-state index contributed by atoms with van der Waals surface area (Å²) >= 11 is 0. The second-order valence-corrected chi connectivity index (χ2v) is 12.8. The molecule has 5 rings (SSSR count). The fourth-order valence-corrected chi connectivity index (χ4v) is 7.09. The minimum Gasteiger partial charge on any atom is -0.347 e. The third-order valence-corrected chi connectivity index (χ3v) is 9.13. The number of rotatable bonds is 8. The van der Waals surface area contributed by atoms with Crippen LogP contribution in [0.3, 0.4) is 0 Å². The van der Waals surface area contributed by atoms with Crippen molar-refractivity contribution in [3.05, 3.63) is 108 Å². The van der Waals surface area contributed by atoms with E-state index in [1.54, 1.807) is 39.4 Å². The number of piperidine rings is 1. The van der Waals surface area contributed by atoms with E-state index in [-0.39, 0.29) is 28.8 Å². The monoisotopic (exact) mass is 579 g/mol. The van der Waals surface area contributed by atoms with Crippen LogP contribution in [0.2, 0.25) is 0 Å². The molecule has 0 bridgehead atoms. The van der Waals surface area contributed by atoms with Gasteiger partial charge in [0.1, 0.15) is 17.3 Å². The van der Waals surface area contributed by atoms with Gasteiger partial charge in [0.05, 0.1) is 10.6 Å². The van der Waals surface area contributed by atoms with Gasteiger partial charge in [0.15, 0.2) is 0 Å². The highest BCUT2D eigenvalue weighted by Crippen LogP contribution is 2.31. The highest BCUT2D eigenvalue weighted by atomic mass is 32.2. The molecule has 214 valence electrons. The minimum absolute atomic E-state index is 0.0835. The largest absolute Gasteiger partial charge is 0.347 e. The van der Waals surface area contributed by atoms with Crippen molar-refractivity contribution in [1.82, 2.24) is 19.4 Å². The molecule has 3 aromatic carbocycles. The van der Waals surface area contributed by atoms with Gasteiger partial charge in [-0.2, -0.15) is 14.7 Å². The lowest BCUT2D eigenvalue weighted by Gasteiger charge is -2.34. The van der Waals surface area contributed by atoms with Crippen molar-refractivity contribution < 1.29 is 13.2 Å². The van der Waals surface area contributed by atoms with Crippen LogP contribution in [0.1, 0.15) is 31.4 Å². The SMILES string of the molecule is CC1CC(C)CN(S(=O)(=O)c2cccc(-c3nn(-c4ccccc4)cc3C=C(C#N)C(=O)NCc3ccccc3)c2)C1. The van der Waals surface area contributed by atoms with E-state index in [1.807, 2.05) is 66.7 Å². The van der Waals surface area contributed by atoms with Gasteiger partial charge in [-0.1, -0.05) is 74.5 Å². The Morgan fingerprint density at radius 1 is 1.00 bits per heavy atom. The molecule has 1 saturated heterocycles. The van der Waals surface area contributed by atoms with E-state index in [0.29, 0.717) is 29.9 Å². The number of nitrogens with one attached hydrogen (secondary N) is 1. The minimum atomic E-state index is -3.72. The Balaban J connectivity index is 1.52. The molecule has 0 radical (unpaired) electrons. The Hall–Kier alpha value is -4.52. The van der Waals surface area contributed by atoms with Crippen molar-refractivity contribution in [3.8, 4) is 23.0 Å². The Labute approximate surface area is 247 Å². The van der Waals surface area contributed by atoms with Gasteiger partial charge in [0.2, 0.25) is 10.0 Å². The van der Waals surface area contributed by atoms with Crippen LogP contribution in [0.4, 0.5) is 0 Å². The molecular weight excluding hydrogens is 546 g/mol. The van der Waals surface area contributed by atoms with Crippen LogP contribution in [-0.2, 0) is 21.4 Å². The van der Waals surface area contributed by atoms with Gasteiger partial charge in [0.25, 0.3) is 5.91 Å². The normalized spacial score (nSPS) is 17.9. The summed E-state index contributed by atoms with van der Waals surface area (Å²) in [5.74, 6) is 0.0503. The van der Waals surface area contributed by atoms with E-state index in [0.717, 1.165) is 17.7 Å². The first-order chi connectivity index (χ1) is 20.2. The first kappa shape index (κ1) is 29.0. The van der Waals surface area contributed by atoms with Gasteiger partial charge in [-0.25, -0.2) is 13.1 Å². The van der Waals surface area contributed by atoms with E-state index in [4.69, 9.17) is 5.10 Å². The summed E-state index contributed by atoms with van der Waals surface area (Å²) in [7, 11) is -3.72. The maximum atomic E-state index is 13.7. The van der Waals surface area contributed by atoms with Crippen LogP contribution in [0, 0.1) is 23.2 Å². The standard InChI is InChI=1S/C33H33N5O3S/c1-24-16-25(2)22-37(21-24)42(40,41)31-15-9-12-27(18-31)32-29(23-38(36-32)30-13-7-4-8-14-30)17-28(19-34)33(39)35-20-26-10-5-3-6-11-26/h3-15,17-18,23-25H,16,20-22H2,1-2H3,(H,35,39). The maximum Gasteiger partial charge on any atom is 0.262 e. The van der Waals surface area contributed by atoms with Crippen molar-refractivity contribution in [2.24, 2.45) is 11.8 Å². The van der Waals surface area contributed by atoms with Gasteiger partial charge in [-0.05, 0) is 54.2 Å². The quantitative estimate of drug-likeness (QED) is 0.221. The van der Waals surface area contributed by atoms with Crippen molar-refractivity contribution in [1.29, 1.82) is 5.26 Å². The number of carbonyl (C=O) groups excluding carboxylic acids is 1. The molecule has 2 heterocycles. The smallest absolute Gasteiger partial charge is 0.262 e. The van der Waals surface area contributed by atoms with E-state index in [2.05, 4.69) is 19.2 Å². The summed E-state index contributed by atoms with van der Waals surface area (Å²) in [5, 5.41) is 17.5. The predicted molar refractivity (Wildman–Crippen MR) is 163 cm³/mol. The number of amides is 1. The molecule has 1 N–H and O–H groups in total. The number of nitriles is 1. The van der Waals surface area contributed by atoms with Crippen LogP contribution in [0.5, 0.6) is 0 Å². The lowest BCUT2D eigenvalue weighted by atomic mass is 9.94. The van der Waals surface area contributed by atoms with E-state index < -0.39 is 15.9 Å². The van der Waals surface area contributed by atoms with Crippen LogP contribution in [0.15, 0.2) is 102 Å². The second kappa shape index (κ2) is 12.6. The zero-order valence-electron chi connectivity index (χ0n) is 23.6. The average Bonchev–Trinajstić information content (AvgIpc) is 3.43. The van der Waals surface area contributed by atoms with Crippen LogP contribution in [0.25, 0.3) is 23.0 Å². The second-order valence-electron chi connectivity index (χ2n) is 10.8. The summed E-state index contributed by atoms with van der Waals surface area (Å²) < 4.78 is 30.6. The molecule has 9 heteroatoms. The molecular formula is C33H33N5O3S. The highest BCUT2D eigenvalue weighted by Gasteiger charge is 2.32. The third kappa shape index (κ3) is 6.51. The molecule has 2 unspecified atom stereocenters. The molecule has 42 heavy (non-hydrogen) atoms. The topological polar surface area (TPSA) is 108 Å². The number of aromatic nitrogens is 2. The molecule has 1 fully saturated rings. The van der Waals surface area contributed by atoms with Gasteiger partial charge in [-0.3, -0.25) is 4.79 Å². The van der Waals surface area contributed by atoms with Crippen LogP contribution >= 0.6 is 0 Å². The molecule has 2 atom stereocenters. The summed E-state index contributed by atoms with van der Waals surface area (Å²) in [4.78, 5) is 13.2. The highest BCUT2D eigenvalue weighted by molar-refractivity contribution is 7.89. The Morgan fingerprint density at radius 2 is 1.67 bits per heavy atom. The van der Waals surface area contributed by atoms with Gasteiger partial charge in [0, 0.05) is 37.0 Å². The zero-order valence-corrected chi connectivity index (χ0v) is 24.5. The summed E-state index contributed by atoms with van der Waals surface area (Å²) in [5.41, 5.74) is 3.15. The fraction of sp³-hybridized carbons (Fsp3) is 0.242. The molecule has 0 aliphatic carbocycles. The number of benzene rings is 3. The Kier molecular flexibility index (Phi) is 8.67. The van der Waals surface area contributed by atoms with Crippen molar-refractivity contribution in [2.75, 3.05) is 13.1 Å². The number of sulfonamides is 1. The van der Waals surface area contributed by atoms with Crippen molar-refractivity contribution >= 4 is 22.0 Å². The number of carbonyl (C=O) groups is 1. The third-order valence-electron chi connectivity index (χ3n) is 7.30. The van der Waals surface area contributed by atoms with Gasteiger partial charge < -0.3 is 5.32 Å². The summed E-state index contributed by atoms with van der Waals surface area (Å²) in [6.45, 7) is 5.40. The lowest BCUT2D eigenvalue weighted by molar-refractivity contribution is -0.117. The molecule has 0 saturated carbocycles. The first-order valence-electron chi connectivity index (χ1n) is 13.9. The molecule has 1 aliphatic heterocycles. The Morgan fingerprint density at radius 3 is 2.33 bits per heavy atom. The molecule has 1 amide bonds. The first-order valence-corrected chi connectivity index (χ1v) is 15.4. The lowest BCUT2D eigenvalue weighted by Crippen LogP contribution is -2.42. The summed E-state index contributed by atoms with van der Waals surface area (Å²) in [6, 6.07) is 27.6. The van der Waals surface area contributed by atoms with E-state index >= 15 is 0 Å². The average molecular weight is 580 g/mol. The Bertz CT molecular complexity index is 1730. The fourth-order valence-electron chi connectivity index (χ4n) is 5.36. The number of para-hydroxylation sites is 1. The molecule has 0 spiro atoms. The van der Waals surface area contributed by atoms with Crippen LogP contribution in [-0.4, -0.2) is 41.5 Å². The molecule has 8 nitrogen and oxygen atoms in total. The van der Waals surface area contributed by atoms with Gasteiger partial charge >= 0.3 is 0 Å². The van der Waals surface area contributed by atoms with Crippen LogP contribution < -0.4 is 5.32 Å². The van der Waals surface area contributed by atoms with Crippen molar-refractivity contribution in [3.63, 3.8) is 0 Å². The van der Waals surface area contributed by atoms with Crippen molar-refractivity contribution in [2.45, 2.75) is 31.7 Å². The number of hydrogen-bond donors (Lipinski definition) is 1. The number of hydrogen-bond acceptors (Lipinski definition) is 5. The maximum absolute atomic E-state index is 13.7. The zero-order chi connectivity index (χ0) is 29.7. The number of nitrogens with zero attached hydrogens (tertiary/aromatic N) is 4. The molecule has 1 aromatic heterocycles. The summed E-state index contributed by atoms with van der Waals surface area (Å²) in [6.07, 6.45) is 4.23.